The van der Waals surface area contributed by atoms with Gasteiger partial charge in [-0.05, 0) is 147 Å². The number of para-hydroxylation sites is 7. The third-order valence-corrected chi connectivity index (χ3v) is 19.2. The largest absolute Gasteiger partial charge is 0.309 e. The van der Waals surface area contributed by atoms with E-state index in [1.807, 2.05) is 0 Å². The van der Waals surface area contributed by atoms with Gasteiger partial charge in [0.15, 0.2) is 0 Å². The molecule has 0 fully saturated rings. The number of hydrogen-bond acceptors (Lipinski definition) is 0. The van der Waals surface area contributed by atoms with Gasteiger partial charge in [0.25, 0.3) is 0 Å². The number of nitrogens with zero attached hydrogens (tertiary/aromatic N) is 4. The molecule has 82 heavy (non-hydrogen) atoms. The van der Waals surface area contributed by atoms with Crippen molar-refractivity contribution in [1.82, 2.24) is 18.3 Å². The lowest BCUT2D eigenvalue weighted by atomic mass is 9.69. The molecule has 0 saturated carbocycles. The molecule has 0 N–H and O–H groups in total. The van der Waals surface area contributed by atoms with Gasteiger partial charge < -0.3 is 18.3 Å². The number of fused-ring (bicyclic) bond motifs is 16. The maximum Gasteiger partial charge on any atom is 0.0582 e. The summed E-state index contributed by atoms with van der Waals surface area (Å²) in [6, 6.07) is 98.2. The molecule has 12 aromatic carbocycles. The van der Waals surface area contributed by atoms with E-state index >= 15 is 0 Å². The van der Waals surface area contributed by atoms with Crippen LogP contribution in [0.3, 0.4) is 0 Å². The second-order valence-electron chi connectivity index (χ2n) is 23.9. The quantitative estimate of drug-likeness (QED) is 0.158. The summed E-state index contributed by atoms with van der Waals surface area (Å²) < 4.78 is 9.96. The first-order valence-electron chi connectivity index (χ1n) is 28.9. The molecule has 386 valence electrons. The molecule has 2 aliphatic rings. The molecule has 4 heteroatoms. The van der Waals surface area contributed by atoms with Crippen molar-refractivity contribution in [3.05, 3.63) is 289 Å². The fraction of sp³-hybridized carbons (Fsp3) is 0.0769. The summed E-state index contributed by atoms with van der Waals surface area (Å²) in [5.74, 6) is 0. The van der Waals surface area contributed by atoms with Crippen LogP contribution in [0.2, 0.25) is 0 Å². The second kappa shape index (κ2) is 16.5. The highest BCUT2D eigenvalue weighted by molar-refractivity contribution is 6.16. The van der Waals surface area contributed by atoms with Crippen LogP contribution < -0.4 is 0 Å². The fourth-order valence-corrected chi connectivity index (χ4v) is 15.4. The van der Waals surface area contributed by atoms with E-state index in [9.17, 15) is 0 Å². The normalized spacial score (nSPS) is 15.2. The van der Waals surface area contributed by atoms with Crippen molar-refractivity contribution >= 4 is 87.2 Å². The minimum absolute atomic E-state index is 0.104. The van der Waals surface area contributed by atoms with Crippen molar-refractivity contribution in [2.24, 2.45) is 0 Å². The molecule has 16 aromatic rings. The van der Waals surface area contributed by atoms with Crippen molar-refractivity contribution in [2.75, 3.05) is 0 Å². The predicted octanol–water partition coefficient (Wildman–Crippen LogP) is 19.9. The maximum absolute atomic E-state index is 2.55. The Balaban J connectivity index is 0.765. The minimum Gasteiger partial charge on any atom is -0.309 e. The van der Waals surface area contributed by atoms with Crippen LogP contribution in [0, 0.1) is 0 Å². The minimum atomic E-state index is -0.330. The van der Waals surface area contributed by atoms with Crippen molar-refractivity contribution in [2.45, 2.75) is 38.0 Å². The smallest absolute Gasteiger partial charge is 0.0582 e. The molecule has 1 unspecified atom stereocenters. The van der Waals surface area contributed by atoms with Crippen LogP contribution in [-0.4, -0.2) is 18.3 Å². The van der Waals surface area contributed by atoms with Gasteiger partial charge in [-0.25, -0.2) is 0 Å². The van der Waals surface area contributed by atoms with Crippen LogP contribution >= 0.6 is 0 Å². The van der Waals surface area contributed by atoms with E-state index in [0.29, 0.717) is 0 Å². The summed E-state index contributed by atoms with van der Waals surface area (Å²) in [5.41, 5.74) is 26.0. The average molecular weight is 1050 g/mol. The molecular weight excluding hydrogens is 993 g/mol. The number of hydrogen-bond donors (Lipinski definition) is 0. The van der Waals surface area contributed by atoms with E-state index in [-0.39, 0.29) is 10.8 Å². The Morgan fingerprint density at radius 2 is 0.683 bits per heavy atom. The van der Waals surface area contributed by atoms with Crippen molar-refractivity contribution in [3.8, 4) is 45.0 Å². The highest BCUT2D eigenvalue weighted by Gasteiger charge is 2.39. The lowest BCUT2D eigenvalue weighted by Gasteiger charge is -2.38. The van der Waals surface area contributed by atoms with Gasteiger partial charge in [0, 0.05) is 65.3 Å². The number of benzene rings is 12. The third kappa shape index (κ3) is 6.10. The zero-order chi connectivity index (χ0) is 54.2. The Bertz CT molecular complexity index is 5410. The fourth-order valence-electron chi connectivity index (χ4n) is 15.4. The van der Waals surface area contributed by atoms with Crippen molar-refractivity contribution in [1.29, 1.82) is 0 Å². The van der Waals surface area contributed by atoms with Gasteiger partial charge >= 0.3 is 0 Å². The molecule has 1 atom stereocenters. The molecule has 0 spiro atoms. The van der Waals surface area contributed by atoms with Gasteiger partial charge in [0.1, 0.15) is 0 Å². The summed E-state index contributed by atoms with van der Waals surface area (Å²) in [6.45, 7) is 7.23. The first-order valence-corrected chi connectivity index (χ1v) is 28.9. The molecule has 18 rings (SSSR count). The van der Waals surface area contributed by atoms with Crippen LogP contribution in [0.5, 0.6) is 0 Å². The molecule has 0 aliphatic carbocycles. The van der Waals surface area contributed by atoms with Crippen LogP contribution in [0.4, 0.5) is 0 Å². The van der Waals surface area contributed by atoms with Gasteiger partial charge in [0.05, 0.1) is 55.5 Å². The highest BCUT2D eigenvalue weighted by Crippen LogP contribution is 2.52. The van der Waals surface area contributed by atoms with Crippen LogP contribution in [0.25, 0.3) is 132 Å². The SMILES string of the molecule is CC1(C)c2ccccc2-n2c3ccc(-c4ccc5c(c4)c4ccc(CC6(C)c7ccccc7-n7c8ccc(-c9ccc%10c%11ccccc%11n(-c%11ccccc%11)c%10c9)cc8c8cccc6c87)cc4n5-c4ccccc4)cc3c3cccc1c32. The lowest BCUT2D eigenvalue weighted by Crippen LogP contribution is -2.32. The van der Waals surface area contributed by atoms with E-state index in [0.717, 1.165) is 12.1 Å². The van der Waals surface area contributed by atoms with Gasteiger partial charge in [-0.15, -0.1) is 0 Å². The van der Waals surface area contributed by atoms with E-state index in [2.05, 4.69) is 300 Å². The number of rotatable bonds is 6. The van der Waals surface area contributed by atoms with Gasteiger partial charge in [-0.3, -0.25) is 0 Å². The molecule has 4 nitrogen and oxygen atoms in total. The highest BCUT2D eigenvalue weighted by atomic mass is 15.0. The summed E-state index contributed by atoms with van der Waals surface area (Å²) in [4.78, 5) is 0. The number of aromatic nitrogens is 4. The molecule has 2 aliphatic heterocycles. The molecule has 0 saturated heterocycles. The standard InChI is InChI=1S/C78H54N4/c1-77(2)63-25-11-14-30-71(63)81-69-40-35-50(44-61(69)58-23-16-27-65(77)75(58)81)49-34-39-68-60(43-49)57-37-32-48(42-73(57)80(68)54-20-8-5-9-21-54)47-78(3)64-26-12-15-31-72(64)82-70-41-36-51(45-62(70)59-24-17-28-66(78)76(59)82)52-33-38-56-55-22-10-13-29-67(55)79(74(56)46-52)53-18-6-4-7-19-53/h4-46H,47H2,1-3H3. The first-order chi connectivity index (χ1) is 40.3. The topological polar surface area (TPSA) is 19.7 Å². The van der Waals surface area contributed by atoms with Crippen molar-refractivity contribution in [3.63, 3.8) is 0 Å². The Kier molecular flexibility index (Phi) is 9.17. The molecule has 6 heterocycles. The third-order valence-electron chi connectivity index (χ3n) is 19.2. The van der Waals surface area contributed by atoms with E-state index in [1.54, 1.807) is 0 Å². The average Bonchev–Trinajstić information content (AvgIpc) is 4.47. The lowest BCUT2D eigenvalue weighted by molar-refractivity contribution is 0.560. The van der Waals surface area contributed by atoms with E-state index in [4.69, 9.17) is 0 Å². The van der Waals surface area contributed by atoms with Gasteiger partial charge in [0.2, 0.25) is 0 Å². The zero-order valence-corrected chi connectivity index (χ0v) is 45.8. The monoisotopic (exact) mass is 1050 g/mol. The molecule has 0 amide bonds. The maximum atomic E-state index is 2.55. The van der Waals surface area contributed by atoms with Crippen molar-refractivity contribution < 1.29 is 0 Å². The van der Waals surface area contributed by atoms with E-state index < -0.39 is 0 Å². The second-order valence-corrected chi connectivity index (χ2v) is 23.9. The Morgan fingerprint density at radius 1 is 0.268 bits per heavy atom. The summed E-state index contributed by atoms with van der Waals surface area (Å²) >= 11 is 0. The Morgan fingerprint density at radius 3 is 1.33 bits per heavy atom. The molecule has 4 aromatic heterocycles. The zero-order valence-electron chi connectivity index (χ0n) is 45.8. The van der Waals surface area contributed by atoms with Gasteiger partial charge in [-0.1, -0.05) is 191 Å². The van der Waals surface area contributed by atoms with Gasteiger partial charge in [-0.2, -0.15) is 0 Å². The first kappa shape index (κ1) is 45.7. The summed E-state index contributed by atoms with van der Waals surface area (Å²) in [6.07, 6.45) is 0.833. The summed E-state index contributed by atoms with van der Waals surface area (Å²) in [7, 11) is 0. The van der Waals surface area contributed by atoms with E-state index in [1.165, 1.54) is 154 Å². The summed E-state index contributed by atoms with van der Waals surface area (Å²) in [5, 5.41) is 10.2. The van der Waals surface area contributed by atoms with Crippen LogP contribution in [-0.2, 0) is 17.3 Å². The van der Waals surface area contributed by atoms with Crippen LogP contribution in [0.1, 0.15) is 48.6 Å². The Hall–Kier alpha value is -10.2. The van der Waals surface area contributed by atoms with Crippen LogP contribution in [0.15, 0.2) is 261 Å². The predicted molar refractivity (Wildman–Crippen MR) is 343 cm³/mol. The molecular formula is C78H54N4. The molecule has 0 bridgehead atoms. The molecule has 0 radical (unpaired) electrons. The Labute approximate surface area is 474 Å².